The summed E-state index contributed by atoms with van der Waals surface area (Å²) in [5.41, 5.74) is 3.88. The van der Waals surface area contributed by atoms with E-state index in [9.17, 15) is 0 Å². The summed E-state index contributed by atoms with van der Waals surface area (Å²) in [7, 11) is 0. The van der Waals surface area contributed by atoms with Crippen LogP contribution in [-0.2, 0) is 13.0 Å². The van der Waals surface area contributed by atoms with Gasteiger partial charge in [-0.2, -0.15) is 0 Å². The third kappa shape index (κ3) is 3.61. The molecule has 4 heterocycles. The summed E-state index contributed by atoms with van der Waals surface area (Å²) in [6.07, 6.45) is 0.803. The van der Waals surface area contributed by atoms with Gasteiger partial charge in [0, 0.05) is 17.4 Å². The number of halogens is 1. The quantitative estimate of drug-likeness (QED) is 0.453. The van der Waals surface area contributed by atoms with E-state index in [1.807, 2.05) is 24.3 Å². The van der Waals surface area contributed by atoms with Crippen LogP contribution in [0.15, 0.2) is 46.9 Å². The van der Waals surface area contributed by atoms with Crippen molar-refractivity contribution >= 4 is 27.9 Å². The lowest BCUT2D eigenvalue weighted by Crippen LogP contribution is -3.13. The number of furan rings is 1. The van der Waals surface area contributed by atoms with Gasteiger partial charge in [-0.3, -0.25) is 0 Å². The number of fused-ring (bicyclic) bond motifs is 4. The van der Waals surface area contributed by atoms with Crippen molar-refractivity contribution in [3.05, 3.63) is 53.9 Å². The van der Waals surface area contributed by atoms with Crippen LogP contribution in [0.3, 0.4) is 0 Å². The van der Waals surface area contributed by atoms with Crippen molar-refractivity contribution in [2.24, 2.45) is 0 Å². The Morgan fingerprint density at radius 1 is 1.00 bits per heavy atom. The number of aryl methyl sites for hydroxylation is 1. The van der Waals surface area contributed by atoms with E-state index >= 15 is 0 Å². The summed E-state index contributed by atoms with van der Waals surface area (Å²) >= 11 is 0. The molecule has 1 fully saturated rings. The number of rotatable bonds is 4. The zero-order chi connectivity index (χ0) is 20.8. The number of hydrogen-bond donors (Lipinski definition) is 1. The maximum absolute atomic E-state index is 6.20. The second-order valence-corrected chi connectivity index (χ2v) is 8.19. The van der Waals surface area contributed by atoms with Crippen molar-refractivity contribution in [2.45, 2.75) is 19.9 Å². The molecule has 8 heteroatoms. The Morgan fingerprint density at radius 2 is 1.81 bits per heavy atom. The Bertz CT molecular complexity index is 1270. The van der Waals surface area contributed by atoms with Crippen LogP contribution in [0.1, 0.15) is 18.3 Å². The summed E-state index contributed by atoms with van der Waals surface area (Å²) in [5.74, 6) is 3.49. The van der Waals surface area contributed by atoms with Gasteiger partial charge in [0.25, 0.3) is 0 Å². The Hall–Kier alpha value is -3.03. The van der Waals surface area contributed by atoms with Gasteiger partial charge in [-0.15, -0.1) is 0 Å². The fraction of sp³-hybridized carbons (Fsp3) is 0.333. The van der Waals surface area contributed by atoms with E-state index in [0.29, 0.717) is 6.79 Å². The van der Waals surface area contributed by atoms with Crippen LogP contribution >= 0.6 is 0 Å². The fourth-order valence-corrected chi connectivity index (χ4v) is 4.55. The standard InChI is InChI=1S/C24H24N4O3.ClH/c1-2-21-25-22-17-5-3-4-6-18(17)31-23(22)24(26-21)28-11-9-27(10-12-28)14-16-7-8-19-20(13-16)30-15-29-19;/h3-8,13H,2,9-12,14-15H2,1H3;1H. The maximum atomic E-state index is 6.20. The van der Waals surface area contributed by atoms with Crippen molar-refractivity contribution in [3.63, 3.8) is 0 Å². The second-order valence-electron chi connectivity index (χ2n) is 8.19. The first-order valence-electron chi connectivity index (χ1n) is 10.9. The Balaban J connectivity index is 0.00000216. The van der Waals surface area contributed by atoms with E-state index in [-0.39, 0.29) is 12.4 Å². The number of piperazine rings is 1. The monoisotopic (exact) mass is 452 g/mol. The minimum absolute atomic E-state index is 0. The van der Waals surface area contributed by atoms with E-state index in [2.05, 4.69) is 30.0 Å². The molecule has 166 valence electrons. The lowest BCUT2D eigenvalue weighted by atomic mass is 10.1. The lowest BCUT2D eigenvalue weighted by Gasteiger charge is -2.33. The van der Waals surface area contributed by atoms with Crippen LogP contribution in [0.25, 0.3) is 22.1 Å². The molecule has 2 aliphatic heterocycles. The van der Waals surface area contributed by atoms with Crippen LogP contribution in [0.4, 0.5) is 5.82 Å². The number of quaternary nitrogens is 1. The van der Waals surface area contributed by atoms with Gasteiger partial charge in [0.05, 0.1) is 26.2 Å². The van der Waals surface area contributed by atoms with Crippen molar-refractivity contribution in [3.8, 4) is 11.5 Å². The first-order valence-corrected chi connectivity index (χ1v) is 10.9. The molecule has 32 heavy (non-hydrogen) atoms. The summed E-state index contributed by atoms with van der Waals surface area (Å²) in [6.45, 7) is 7.36. The molecule has 0 bridgehead atoms. The summed E-state index contributed by atoms with van der Waals surface area (Å²) in [4.78, 5) is 13.6. The predicted octanol–water partition coefficient (Wildman–Crippen LogP) is -0.424. The highest BCUT2D eigenvalue weighted by molar-refractivity contribution is 6.05. The largest absolute Gasteiger partial charge is 1.00 e. The number of hydrogen-bond acceptors (Lipinski definition) is 6. The fourth-order valence-electron chi connectivity index (χ4n) is 4.55. The number of ether oxygens (including phenoxy) is 2. The molecule has 1 N–H and O–H groups in total. The number of aromatic nitrogens is 2. The molecule has 0 amide bonds. The van der Waals surface area contributed by atoms with E-state index < -0.39 is 0 Å². The molecule has 0 radical (unpaired) electrons. The Kier molecular flexibility index (Phi) is 5.53. The van der Waals surface area contributed by atoms with Crippen LogP contribution in [0.5, 0.6) is 11.5 Å². The molecule has 2 aliphatic rings. The van der Waals surface area contributed by atoms with Gasteiger partial charge in [0.15, 0.2) is 22.9 Å². The van der Waals surface area contributed by atoms with Crippen LogP contribution in [0.2, 0.25) is 0 Å². The van der Waals surface area contributed by atoms with Crippen molar-refractivity contribution < 1.29 is 31.2 Å². The van der Waals surface area contributed by atoms with Gasteiger partial charge in [-0.05, 0) is 30.3 Å². The highest BCUT2D eigenvalue weighted by Crippen LogP contribution is 2.34. The van der Waals surface area contributed by atoms with Crippen molar-refractivity contribution in [2.75, 3.05) is 37.9 Å². The molecule has 2 aromatic carbocycles. The molecule has 7 nitrogen and oxygen atoms in total. The molecule has 0 aliphatic carbocycles. The topological polar surface area (TPSA) is 65.1 Å². The summed E-state index contributed by atoms with van der Waals surface area (Å²) in [6, 6.07) is 14.4. The highest BCUT2D eigenvalue weighted by Gasteiger charge is 2.26. The number of benzene rings is 2. The zero-order valence-corrected chi connectivity index (χ0v) is 18.7. The normalized spacial score (nSPS) is 16.0. The molecule has 0 spiro atoms. The number of anilines is 1. The molecule has 6 rings (SSSR count). The zero-order valence-electron chi connectivity index (χ0n) is 17.9. The van der Waals surface area contributed by atoms with Gasteiger partial charge in [0.1, 0.15) is 23.5 Å². The van der Waals surface area contributed by atoms with Gasteiger partial charge >= 0.3 is 0 Å². The molecular weight excluding hydrogens is 428 g/mol. The van der Waals surface area contributed by atoms with Gasteiger partial charge in [-0.25, -0.2) is 9.97 Å². The van der Waals surface area contributed by atoms with Gasteiger partial charge < -0.3 is 36.1 Å². The molecule has 1 saturated heterocycles. The number of nitrogens with zero attached hydrogens (tertiary/aromatic N) is 3. The average molecular weight is 453 g/mol. The molecule has 0 saturated carbocycles. The minimum atomic E-state index is 0. The molecule has 2 aromatic heterocycles. The van der Waals surface area contributed by atoms with E-state index in [0.717, 1.165) is 84.4 Å². The third-order valence-electron chi connectivity index (χ3n) is 6.23. The Labute approximate surface area is 192 Å². The summed E-state index contributed by atoms with van der Waals surface area (Å²) < 4.78 is 17.2. The Morgan fingerprint density at radius 3 is 2.66 bits per heavy atom. The third-order valence-corrected chi connectivity index (χ3v) is 6.23. The van der Waals surface area contributed by atoms with E-state index in [1.165, 1.54) is 5.56 Å². The molecule has 4 aromatic rings. The second kappa shape index (κ2) is 8.48. The van der Waals surface area contributed by atoms with E-state index in [4.69, 9.17) is 23.9 Å². The van der Waals surface area contributed by atoms with Crippen LogP contribution in [0, 0.1) is 0 Å². The first kappa shape index (κ1) is 20.8. The minimum Gasteiger partial charge on any atom is -1.00 e. The van der Waals surface area contributed by atoms with Gasteiger partial charge in [-0.1, -0.05) is 19.1 Å². The average Bonchev–Trinajstić information content (AvgIpc) is 3.43. The maximum Gasteiger partial charge on any atom is 0.231 e. The smallest absolute Gasteiger partial charge is 0.231 e. The van der Waals surface area contributed by atoms with Crippen molar-refractivity contribution in [1.82, 2.24) is 9.97 Å². The number of para-hydroxylation sites is 1. The molecule has 0 atom stereocenters. The molecule has 0 unspecified atom stereocenters. The highest BCUT2D eigenvalue weighted by atomic mass is 35.5. The molecular formula is C24H25ClN4O3. The van der Waals surface area contributed by atoms with Gasteiger partial charge in [0.2, 0.25) is 6.79 Å². The number of nitrogens with one attached hydrogen (secondary N) is 1. The SMILES string of the molecule is CCc1nc(N2CC[NH+](Cc3ccc4c(c3)OCO4)CC2)c2oc3ccccc3c2n1.[Cl-]. The van der Waals surface area contributed by atoms with Crippen LogP contribution < -0.4 is 31.7 Å². The van der Waals surface area contributed by atoms with E-state index in [1.54, 1.807) is 4.90 Å². The van der Waals surface area contributed by atoms with Crippen molar-refractivity contribution in [1.29, 1.82) is 0 Å². The lowest BCUT2D eigenvalue weighted by molar-refractivity contribution is -0.914. The predicted molar refractivity (Wildman–Crippen MR) is 118 cm³/mol. The first-order chi connectivity index (χ1) is 15.3. The summed E-state index contributed by atoms with van der Waals surface area (Å²) in [5, 5.41) is 1.06. The van der Waals surface area contributed by atoms with Crippen LogP contribution in [-0.4, -0.2) is 42.9 Å².